The van der Waals surface area contributed by atoms with Crippen LogP contribution in [0.1, 0.15) is 22.7 Å². The molecule has 4 nitrogen and oxygen atoms in total. The smallest absolute Gasteiger partial charge is 0.411 e. The number of amides is 1. The van der Waals surface area contributed by atoms with Crippen molar-refractivity contribution >= 4 is 6.09 Å². The summed E-state index contributed by atoms with van der Waals surface area (Å²) in [6.45, 7) is 0.472. The molecule has 4 rings (SSSR count). The molecule has 2 aromatic carbocycles. The van der Waals surface area contributed by atoms with E-state index >= 15 is 0 Å². The number of fused-ring (bicyclic) bond motifs is 2. The average Bonchev–Trinajstić information content (AvgIpc) is 2.94. The number of cyclic esters (lactones) is 1. The molecule has 0 bridgehead atoms. The fraction of sp³-hybridized carbons (Fsp3) is 0.278. The van der Waals surface area contributed by atoms with Gasteiger partial charge >= 0.3 is 6.09 Å². The van der Waals surface area contributed by atoms with E-state index < -0.39 is 0 Å². The number of rotatable bonds is 2. The summed E-state index contributed by atoms with van der Waals surface area (Å²) in [6, 6.07) is 16.3. The minimum Gasteiger partial charge on any atom is -0.497 e. The van der Waals surface area contributed by atoms with Gasteiger partial charge in [0.2, 0.25) is 0 Å². The van der Waals surface area contributed by atoms with E-state index in [0.717, 1.165) is 17.7 Å². The third kappa shape index (κ3) is 1.95. The molecule has 112 valence electrons. The van der Waals surface area contributed by atoms with Gasteiger partial charge in [0.05, 0.1) is 19.2 Å². The Balaban J connectivity index is 1.83. The van der Waals surface area contributed by atoms with E-state index in [1.54, 1.807) is 7.11 Å². The number of hydrogen-bond acceptors (Lipinski definition) is 3. The molecule has 2 aliphatic heterocycles. The van der Waals surface area contributed by atoms with E-state index in [1.165, 1.54) is 11.1 Å². The van der Waals surface area contributed by atoms with E-state index in [9.17, 15) is 4.79 Å². The van der Waals surface area contributed by atoms with E-state index in [1.807, 2.05) is 35.2 Å². The second kappa shape index (κ2) is 5.05. The van der Waals surface area contributed by atoms with Crippen LogP contribution in [0.25, 0.3) is 0 Å². The molecule has 0 radical (unpaired) electrons. The predicted octanol–water partition coefficient (Wildman–Crippen LogP) is 3.16. The fourth-order valence-electron chi connectivity index (χ4n) is 3.46. The average molecular weight is 295 g/mol. The van der Waals surface area contributed by atoms with Crippen LogP contribution in [0.4, 0.5) is 4.79 Å². The zero-order valence-electron chi connectivity index (χ0n) is 12.4. The topological polar surface area (TPSA) is 38.8 Å². The van der Waals surface area contributed by atoms with E-state index in [0.29, 0.717) is 6.61 Å². The minimum atomic E-state index is -0.222. The molecule has 2 heterocycles. The standard InChI is InChI=1S/C18H17NO3/c1-21-15-8-6-12(7-9-15)17-16-5-3-2-4-13(16)10-14-11-22-18(20)19(14)17/h2-9,14,17H,10-11H2,1H3. The SMILES string of the molecule is COc1ccc(C2c3ccccc3CC3COC(=O)N32)cc1. The molecule has 4 heteroatoms. The number of hydrogen-bond donors (Lipinski definition) is 0. The molecule has 0 spiro atoms. The Morgan fingerprint density at radius 2 is 1.91 bits per heavy atom. The van der Waals surface area contributed by atoms with Crippen molar-refractivity contribution in [2.24, 2.45) is 0 Å². The molecule has 0 saturated carbocycles. The maximum absolute atomic E-state index is 12.2. The number of methoxy groups -OCH3 is 1. The van der Waals surface area contributed by atoms with Crippen molar-refractivity contribution in [1.82, 2.24) is 4.90 Å². The van der Waals surface area contributed by atoms with Crippen LogP contribution >= 0.6 is 0 Å². The van der Waals surface area contributed by atoms with Gasteiger partial charge in [-0.25, -0.2) is 4.79 Å². The highest BCUT2D eigenvalue weighted by molar-refractivity contribution is 5.72. The first-order chi connectivity index (χ1) is 10.8. The van der Waals surface area contributed by atoms with Crippen molar-refractivity contribution < 1.29 is 14.3 Å². The van der Waals surface area contributed by atoms with Crippen LogP contribution < -0.4 is 4.74 Å². The van der Waals surface area contributed by atoms with Crippen LogP contribution in [-0.4, -0.2) is 30.8 Å². The van der Waals surface area contributed by atoms with Gasteiger partial charge in [-0.2, -0.15) is 0 Å². The summed E-state index contributed by atoms with van der Waals surface area (Å²) < 4.78 is 10.5. The summed E-state index contributed by atoms with van der Waals surface area (Å²) >= 11 is 0. The monoisotopic (exact) mass is 295 g/mol. The van der Waals surface area contributed by atoms with Crippen molar-refractivity contribution in [3.8, 4) is 5.75 Å². The molecule has 1 fully saturated rings. The highest BCUT2D eigenvalue weighted by Gasteiger charge is 2.43. The molecule has 1 saturated heterocycles. The lowest BCUT2D eigenvalue weighted by Crippen LogP contribution is -2.42. The van der Waals surface area contributed by atoms with E-state index in [-0.39, 0.29) is 18.2 Å². The Labute approximate surface area is 129 Å². The lowest BCUT2D eigenvalue weighted by molar-refractivity contribution is 0.148. The largest absolute Gasteiger partial charge is 0.497 e. The Kier molecular flexibility index (Phi) is 3.03. The summed E-state index contributed by atoms with van der Waals surface area (Å²) in [7, 11) is 1.65. The van der Waals surface area contributed by atoms with Gasteiger partial charge < -0.3 is 9.47 Å². The number of benzene rings is 2. The normalized spacial score (nSPS) is 22.8. The lowest BCUT2D eigenvalue weighted by Gasteiger charge is -2.37. The highest BCUT2D eigenvalue weighted by Crippen LogP contribution is 2.40. The Morgan fingerprint density at radius 3 is 2.68 bits per heavy atom. The van der Waals surface area contributed by atoms with Crippen molar-refractivity contribution in [1.29, 1.82) is 0 Å². The maximum atomic E-state index is 12.2. The zero-order valence-corrected chi connectivity index (χ0v) is 12.4. The van der Waals surface area contributed by atoms with Crippen LogP contribution in [0, 0.1) is 0 Å². The second-order valence-corrected chi connectivity index (χ2v) is 5.72. The van der Waals surface area contributed by atoms with Crippen LogP contribution in [0.15, 0.2) is 48.5 Å². The van der Waals surface area contributed by atoms with Gasteiger partial charge in [-0.05, 0) is 35.2 Å². The van der Waals surface area contributed by atoms with Gasteiger partial charge in [0.25, 0.3) is 0 Å². The van der Waals surface area contributed by atoms with Crippen LogP contribution in [0.3, 0.4) is 0 Å². The summed E-state index contributed by atoms with van der Waals surface area (Å²) in [5.41, 5.74) is 3.56. The first-order valence-corrected chi connectivity index (χ1v) is 7.45. The van der Waals surface area contributed by atoms with Gasteiger partial charge in [0, 0.05) is 0 Å². The van der Waals surface area contributed by atoms with Gasteiger partial charge in [-0.1, -0.05) is 36.4 Å². The molecule has 2 aliphatic rings. The molecule has 0 N–H and O–H groups in total. The maximum Gasteiger partial charge on any atom is 0.411 e. The quantitative estimate of drug-likeness (QED) is 0.854. The van der Waals surface area contributed by atoms with E-state index in [4.69, 9.17) is 9.47 Å². The summed E-state index contributed by atoms with van der Waals surface area (Å²) in [5, 5.41) is 0. The first kappa shape index (κ1) is 13.2. The molecule has 0 aliphatic carbocycles. The first-order valence-electron chi connectivity index (χ1n) is 7.45. The van der Waals surface area contributed by atoms with Crippen LogP contribution in [0.2, 0.25) is 0 Å². The Hall–Kier alpha value is -2.49. The second-order valence-electron chi connectivity index (χ2n) is 5.72. The summed E-state index contributed by atoms with van der Waals surface area (Å²) in [5.74, 6) is 0.813. The molecule has 2 unspecified atom stereocenters. The highest BCUT2D eigenvalue weighted by atomic mass is 16.6. The van der Waals surface area contributed by atoms with Crippen molar-refractivity contribution in [2.75, 3.05) is 13.7 Å². The zero-order chi connectivity index (χ0) is 15.1. The molecule has 1 amide bonds. The summed E-state index contributed by atoms with van der Waals surface area (Å²) in [6.07, 6.45) is 0.634. The number of carbonyl (C=O) groups is 1. The molecule has 22 heavy (non-hydrogen) atoms. The number of ether oxygens (including phenoxy) is 2. The lowest BCUT2D eigenvalue weighted by atomic mass is 9.85. The predicted molar refractivity (Wildman–Crippen MR) is 82.0 cm³/mol. The van der Waals surface area contributed by atoms with Gasteiger partial charge in [0.15, 0.2) is 0 Å². The van der Waals surface area contributed by atoms with Crippen molar-refractivity contribution in [2.45, 2.75) is 18.5 Å². The minimum absolute atomic E-state index is 0.0872. The van der Waals surface area contributed by atoms with Gasteiger partial charge in [-0.15, -0.1) is 0 Å². The van der Waals surface area contributed by atoms with Gasteiger partial charge in [-0.3, -0.25) is 4.90 Å². The van der Waals surface area contributed by atoms with Crippen molar-refractivity contribution in [3.05, 3.63) is 65.2 Å². The van der Waals surface area contributed by atoms with E-state index in [2.05, 4.69) is 18.2 Å². The Bertz CT molecular complexity index is 711. The van der Waals surface area contributed by atoms with Gasteiger partial charge in [0.1, 0.15) is 12.4 Å². The molecule has 0 aromatic heterocycles. The van der Waals surface area contributed by atoms with Crippen molar-refractivity contribution in [3.63, 3.8) is 0 Å². The fourth-order valence-corrected chi connectivity index (χ4v) is 3.46. The molecule has 2 aromatic rings. The summed E-state index contributed by atoms with van der Waals surface area (Å²) in [4.78, 5) is 14.1. The van der Waals surface area contributed by atoms with Crippen LogP contribution in [0.5, 0.6) is 5.75 Å². The third-order valence-electron chi connectivity index (χ3n) is 4.52. The Morgan fingerprint density at radius 1 is 1.14 bits per heavy atom. The molecule has 2 atom stereocenters. The number of carbonyl (C=O) groups excluding carboxylic acids is 1. The molecular weight excluding hydrogens is 278 g/mol. The van der Waals surface area contributed by atoms with Crippen LogP contribution in [-0.2, 0) is 11.2 Å². The molecular formula is C18H17NO3. The third-order valence-corrected chi connectivity index (χ3v) is 4.52. The number of nitrogens with zero attached hydrogens (tertiary/aromatic N) is 1.